The quantitative estimate of drug-likeness (QED) is 0.712. The van der Waals surface area contributed by atoms with Crippen molar-refractivity contribution in [3.05, 3.63) is 0 Å². The van der Waals surface area contributed by atoms with Gasteiger partial charge < -0.3 is 15.2 Å². The summed E-state index contributed by atoms with van der Waals surface area (Å²) in [6.07, 6.45) is 4.77. The van der Waals surface area contributed by atoms with E-state index >= 15 is 0 Å². The van der Waals surface area contributed by atoms with Crippen LogP contribution in [0.25, 0.3) is 0 Å². The molecule has 0 aromatic carbocycles. The molecule has 2 rings (SSSR count). The first kappa shape index (κ1) is 12.8. The molecule has 0 spiro atoms. The maximum atomic E-state index is 11.8. The molecule has 2 bridgehead atoms. The Morgan fingerprint density at radius 2 is 2.12 bits per heavy atom. The van der Waals surface area contributed by atoms with Crippen molar-refractivity contribution in [3.8, 4) is 0 Å². The normalized spacial score (nSPS) is 33.2. The van der Waals surface area contributed by atoms with Crippen LogP contribution in [0.5, 0.6) is 0 Å². The first-order valence-corrected chi connectivity index (χ1v) is 6.26. The minimum atomic E-state index is -0.446. The third-order valence-electron chi connectivity index (χ3n) is 4.34. The Kier molecular flexibility index (Phi) is 3.70. The zero-order valence-corrected chi connectivity index (χ0v) is 10.6. The highest BCUT2D eigenvalue weighted by atomic mass is 16.7. The Bertz CT molecular complexity index is 289. The molecule has 0 aromatic rings. The van der Waals surface area contributed by atoms with Gasteiger partial charge in [0.2, 0.25) is 5.91 Å². The summed E-state index contributed by atoms with van der Waals surface area (Å²) >= 11 is 0. The van der Waals surface area contributed by atoms with Gasteiger partial charge in [0.15, 0.2) is 6.29 Å². The van der Waals surface area contributed by atoms with E-state index in [4.69, 9.17) is 15.2 Å². The number of methoxy groups -OCH3 is 2. The Labute approximate surface area is 102 Å². The van der Waals surface area contributed by atoms with Crippen LogP contribution in [-0.2, 0) is 14.3 Å². The Hall–Kier alpha value is -0.650. The molecule has 17 heavy (non-hydrogen) atoms. The third kappa shape index (κ3) is 2.07. The van der Waals surface area contributed by atoms with Gasteiger partial charge >= 0.3 is 0 Å². The van der Waals surface area contributed by atoms with Crippen LogP contribution in [0.1, 0.15) is 32.1 Å². The SMILES string of the molecule is COC(CN1[C@@H]2CCC[C@@]1(C(N)=O)CC2)OC. The molecule has 2 fully saturated rings. The maximum Gasteiger partial charge on any atom is 0.237 e. The lowest BCUT2D eigenvalue weighted by Crippen LogP contribution is -2.59. The molecular formula is C12H22N2O3. The second-order valence-corrected chi connectivity index (χ2v) is 5.03. The zero-order valence-electron chi connectivity index (χ0n) is 10.6. The molecule has 2 atom stereocenters. The number of amides is 1. The van der Waals surface area contributed by atoms with Gasteiger partial charge in [-0.25, -0.2) is 0 Å². The number of primary amides is 1. The number of carbonyl (C=O) groups is 1. The number of rotatable bonds is 5. The topological polar surface area (TPSA) is 64.8 Å². The molecule has 0 radical (unpaired) electrons. The van der Waals surface area contributed by atoms with Gasteiger partial charge in [0.25, 0.3) is 0 Å². The summed E-state index contributed by atoms with van der Waals surface area (Å²) in [5.41, 5.74) is 5.18. The number of nitrogens with two attached hydrogens (primary N) is 1. The lowest BCUT2D eigenvalue weighted by atomic mass is 9.87. The van der Waals surface area contributed by atoms with E-state index in [0.29, 0.717) is 12.6 Å². The average molecular weight is 242 g/mol. The van der Waals surface area contributed by atoms with Crippen LogP contribution in [0.2, 0.25) is 0 Å². The van der Waals surface area contributed by atoms with Crippen LogP contribution in [0.4, 0.5) is 0 Å². The van der Waals surface area contributed by atoms with E-state index < -0.39 is 5.54 Å². The minimum absolute atomic E-state index is 0.189. The van der Waals surface area contributed by atoms with Crippen LogP contribution in [0.15, 0.2) is 0 Å². The summed E-state index contributed by atoms with van der Waals surface area (Å²) in [5, 5.41) is 0. The standard InChI is InChI=1S/C12H22N2O3/c1-16-10(17-2)8-14-9-4-3-6-12(14,7-5-9)11(13)15/h9-10H,3-8H2,1-2H3,(H2,13,15)/t9-,12+/m1/s1. The molecule has 1 amide bonds. The van der Waals surface area contributed by atoms with Crippen LogP contribution in [0.3, 0.4) is 0 Å². The number of hydrogen-bond acceptors (Lipinski definition) is 4. The molecule has 2 aliphatic heterocycles. The van der Waals surface area contributed by atoms with E-state index in [1.165, 1.54) is 0 Å². The number of hydrogen-bond donors (Lipinski definition) is 1. The van der Waals surface area contributed by atoms with Gasteiger partial charge in [-0.2, -0.15) is 0 Å². The van der Waals surface area contributed by atoms with Crippen molar-refractivity contribution < 1.29 is 14.3 Å². The van der Waals surface area contributed by atoms with E-state index in [-0.39, 0.29) is 12.2 Å². The summed E-state index contributed by atoms with van der Waals surface area (Å²) in [7, 11) is 3.24. The highest BCUT2D eigenvalue weighted by Crippen LogP contribution is 2.44. The van der Waals surface area contributed by atoms with Crippen molar-refractivity contribution in [1.82, 2.24) is 4.90 Å². The van der Waals surface area contributed by atoms with Gasteiger partial charge in [-0.1, -0.05) is 0 Å². The molecule has 0 saturated carbocycles. The van der Waals surface area contributed by atoms with Crippen molar-refractivity contribution in [3.63, 3.8) is 0 Å². The Morgan fingerprint density at radius 1 is 1.41 bits per heavy atom. The predicted octanol–water partition coefficient (Wildman–Crippen LogP) is 0.478. The fourth-order valence-electron chi connectivity index (χ4n) is 3.37. The number of carbonyl (C=O) groups excluding carboxylic acids is 1. The van der Waals surface area contributed by atoms with Gasteiger partial charge in [0, 0.05) is 20.3 Å². The number of fused-ring (bicyclic) bond motifs is 2. The largest absolute Gasteiger partial charge is 0.368 e. The van der Waals surface area contributed by atoms with Crippen molar-refractivity contribution in [2.45, 2.75) is 50.0 Å². The van der Waals surface area contributed by atoms with Gasteiger partial charge in [-0.3, -0.25) is 9.69 Å². The second-order valence-electron chi connectivity index (χ2n) is 5.03. The smallest absolute Gasteiger partial charge is 0.237 e. The van der Waals surface area contributed by atoms with Crippen LogP contribution in [0, 0.1) is 0 Å². The average Bonchev–Trinajstić information content (AvgIpc) is 2.53. The van der Waals surface area contributed by atoms with Crippen LogP contribution < -0.4 is 5.73 Å². The lowest BCUT2D eigenvalue weighted by molar-refractivity contribution is -0.148. The molecule has 5 nitrogen and oxygen atoms in total. The molecule has 5 heteroatoms. The van der Waals surface area contributed by atoms with Crippen molar-refractivity contribution >= 4 is 5.91 Å². The molecule has 0 unspecified atom stereocenters. The van der Waals surface area contributed by atoms with Crippen LogP contribution in [-0.4, -0.2) is 49.4 Å². The Balaban J connectivity index is 2.16. The fraction of sp³-hybridized carbons (Fsp3) is 0.917. The number of piperidine rings is 1. The van der Waals surface area contributed by atoms with Crippen molar-refractivity contribution in [2.75, 3.05) is 20.8 Å². The summed E-state index contributed by atoms with van der Waals surface area (Å²) in [6, 6.07) is 0.462. The maximum absolute atomic E-state index is 11.8. The summed E-state index contributed by atoms with van der Waals surface area (Å²) in [4.78, 5) is 14.0. The monoisotopic (exact) mass is 242 g/mol. The van der Waals surface area contributed by atoms with E-state index in [1.54, 1.807) is 14.2 Å². The lowest BCUT2D eigenvalue weighted by Gasteiger charge is -2.43. The number of nitrogens with zero attached hydrogens (tertiary/aromatic N) is 1. The summed E-state index contributed by atoms with van der Waals surface area (Å²) in [6.45, 7) is 0.626. The van der Waals surface area contributed by atoms with E-state index in [1.807, 2.05) is 0 Å². The second kappa shape index (κ2) is 4.92. The van der Waals surface area contributed by atoms with E-state index in [9.17, 15) is 4.79 Å². The van der Waals surface area contributed by atoms with Crippen molar-refractivity contribution in [2.24, 2.45) is 5.73 Å². The van der Waals surface area contributed by atoms with Crippen LogP contribution >= 0.6 is 0 Å². The van der Waals surface area contributed by atoms with Gasteiger partial charge in [0.05, 0.1) is 6.54 Å². The molecule has 0 aromatic heterocycles. The van der Waals surface area contributed by atoms with E-state index in [0.717, 1.165) is 32.1 Å². The zero-order chi connectivity index (χ0) is 12.5. The van der Waals surface area contributed by atoms with Gasteiger partial charge in [-0.05, 0) is 32.1 Å². The predicted molar refractivity (Wildman–Crippen MR) is 63.3 cm³/mol. The summed E-state index contributed by atoms with van der Waals surface area (Å²) < 4.78 is 10.5. The van der Waals surface area contributed by atoms with Crippen molar-refractivity contribution in [1.29, 1.82) is 0 Å². The van der Waals surface area contributed by atoms with E-state index in [2.05, 4.69) is 4.90 Å². The molecule has 0 aliphatic carbocycles. The summed E-state index contributed by atoms with van der Waals surface area (Å²) in [5.74, 6) is -0.189. The first-order chi connectivity index (χ1) is 8.14. The molecule has 2 aliphatic rings. The highest BCUT2D eigenvalue weighted by molar-refractivity contribution is 5.85. The minimum Gasteiger partial charge on any atom is -0.368 e. The first-order valence-electron chi connectivity index (χ1n) is 6.26. The Morgan fingerprint density at radius 3 is 2.71 bits per heavy atom. The molecule has 2 saturated heterocycles. The third-order valence-corrected chi connectivity index (χ3v) is 4.34. The van der Waals surface area contributed by atoms with Gasteiger partial charge in [-0.15, -0.1) is 0 Å². The fourth-order valence-corrected chi connectivity index (χ4v) is 3.37. The number of ether oxygens (including phenoxy) is 2. The molecule has 98 valence electrons. The molecule has 2 N–H and O–H groups in total. The highest BCUT2D eigenvalue weighted by Gasteiger charge is 2.52. The molecule has 2 heterocycles. The molecular weight excluding hydrogens is 220 g/mol. The van der Waals surface area contributed by atoms with Gasteiger partial charge in [0.1, 0.15) is 5.54 Å².